The van der Waals surface area contributed by atoms with Gasteiger partial charge < -0.3 is 9.97 Å². The normalized spacial score (nSPS) is 20.6. The Morgan fingerprint density at radius 3 is 1.33 bits per heavy atom. The molecule has 2 saturated carbocycles. The molecule has 2 N–H and O–H groups in total. The second-order valence-electron chi connectivity index (χ2n) is 16.9. The number of imidazole rings is 2. The molecule has 2 aliphatic carbocycles. The zero-order valence-electron chi connectivity index (χ0n) is 34.1. The molecule has 0 spiro atoms. The first-order chi connectivity index (χ1) is 29.2. The summed E-state index contributed by atoms with van der Waals surface area (Å²) < 4.78 is 27.7. The molecule has 8 aromatic rings. The minimum Gasteiger partial charge on any atom is -0.342 e. The monoisotopic (exact) mass is 842 g/mol. The summed E-state index contributed by atoms with van der Waals surface area (Å²) in [6.45, 7) is 4.49. The molecular weight excluding hydrogens is 793 g/mol. The van der Waals surface area contributed by atoms with Crippen LogP contribution in [-0.4, -0.2) is 29.9 Å². The van der Waals surface area contributed by atoms with Crippen LogP contribution in [0.15, 0.2) is 97.3 Å². The van der Waals surface area contributed by atoms with Crippen molar-refractivity contribution in [3.05, 3.63) is 142 Å². The van der Waals surface area contributed by atoms with Gasteiger partial charge in [0.05, 0.1) is 33.1 Å². The highest BCUT2D eigenvalue weighted by Gasteiger charge is 2.32. The minimum atomic E-state index is -0.193. The summed E-state index contributed by atoms with van der Waals surface area (Å²) in [6.07, 6.45) is 14.9. The number of fused-ring (bicyclic) bond motifs is 4. The molecule has 0 bridgehead atoms. The van der Waals surface area contributed by atoms with Gasteiger partial charge in [0.15, 0.2) is 0 Å². The van der Waals surface area contributed by atoms with Gasteiger partial charge in [-0.05, 0) is 184 Å². The number of H-pyrrole nitrogens is 2. The third-order valence-electron chi connectivity index (χ3n) is 13.5. The Kier molecular flexibility index (Phi) is 11.9. The molecule has 10 heteroatoms. The average molecular weight is 844 g/mol. The molecule has 2 fully saturated rings. The van der Waals surface area contributed by atoms with Crippen molar-refractivity contribution in [1.82, 2.24) is 29.9 Å². The number of nitrogens with one attached hydrogen (secondary N) is 2. The van der Waals surface area contributed by atoms with E-state index in [1.54, 1.807) is 24.3 Å². The molecular formula is C50H50Cl2F2N6. The van der Waals surface area contributed by atoms with E-state index < -0.39 is 0 Å². The first kappa shape index (κ1) is 40.5. The zero-order valence-corrected chi connectivity index (χ0v) is 35.6. The molecule has 2 aliphatic rings. The molecule has 2 unspecified atom stereocenters. The van der Waals surface area contributed by atoms with E-state index in [1.165, 1.54) is 23.3 Å². The minimum absolute atomic E-state index is 0.193. The number of benzene rings is 4. The van der Waals surface area contributed by atoms with Crippen LogP contribution in [0.3, 0.4) is 0 Å². The van der Waals surface area contributed by atoms with Gasteiger partial charge in [-0.1, -0.05) is 37.0 Å². The first-order valence-corrected chi connectivity index (χ1v) is 22.4. The van der Waals surface area contributed by atoms with Crippen LogP contribution in [0.25, 0.3) is 43.9 Å². The van der Waals surface area contributed by atoms with E-state index in [9.17, 15) is 8.78 Å². The van der Waals surface area contributed by atoms with Gasteiger partial charge in [0.2, 0.25) is 0 Å². The maximum Gasteiger partial charge on any atom is 0.123 e. The predicted molar refractivity (Wildman–Crippen MR) is 241 cm³/mol. The highest BCUT2D eigenvalue weighted by molar-refractivity contribution is 6.31. The second kappa shape index (κ2) is 17.6. The summed E-state index contributed by atoms with van der Waals surface area (Å²) in [5.74, 6) is 4.74. The third kappa shape index (κ3) is 8.38. The Morgan fingerprint density at radius 1 is 0.533 bits per heavy atom. The van der Waals surface area contributed by atoms with E-state index in [4.69, 9.17) is 33.2 Å². The fraction of sp³-hybridized carbons (Fsp3) is 0.360. The zero-order chi connectivity index (χ0) is 41.3. The fourth-order valence-electron chi connectivity index (χ4n) is 10.5. The van der Waals surface area contributed by atoms with E-state index in [-0.39, 0.29) is 11.6 Å². The first-order valence-electron chi connectivity index (χ1n) is 21.6. The Bertz CT molecular complexity index is 2580. The van der Waals surface area contributed by atoms with Crippen molar-refractivity contribution in [3.8, 4) is 0 Å². The Hall–Kier alpha value is -4.92. The smallest absolute Gasteiger partial charge is 0.123 e. The molecule has 6 nitrogen and oxygen atoms in total. The van der Waals surface area contributed by atoms with Gasteiger partial charge in [-0.25, -0.2) is 18.7 Å². The molecule has 0 saturated heterocycles. The molecule has 0 amide bonds. The van der Waals surface area contributed by atoms with Crippen LogP contribution in [0, 0.1) is 23.5 Å². The second-order valence-corrected chi connectivity index (χ2v) is 17.8. The van der Waals surface area contributed by atoms with E-state index in [1.807, 2.05) is 48.8 Å². The summed E-state index contributed by atoms with van der Waals surface area (Å²) in [5.41, 5.74) is 8.21. The van der Waals surface area contributed by atoms with Crippen molar-refractivity contribution in [3.63, 3.8) is 0 Å². The molecule has 10 rings (SSSR count). The third-order valence-corrected chi connectivity index (χ3v) is 14.0. The number of aromatic nitrogens is 6. The lowest BCUT2D eigenvalue weighted by molar-refractivity contribution is 0.272. The van der Waals surface area contributed by atoms with Gasteiger partial charge in [-0.2, -0.15) is 0 Å². The van der Waals surface area contributed by atoms with Crippen molar-refractivity contribution in [1.29, 1.82) is 0 Å². The number of nitrogens with zero attached hydrogens (tertiary/aromatic N) is 4. The van der Waals surface area contributed by atoms with Gasteiger partial charge in [0.25, 0.3) is 0 Å². The lowest BCUT2D eigenvalue weighted by Gasteiger charge is -2.33. The van der Waals surface area contributed by atoms with E-state index in [0.29, 0.717) is 35.5 Å². The molecule has 308 valence electrons. The van der Waals surface area contributed by atoms with Crippen LogP contribution < -0.4 is 0 Å². The Morgan fingerprint density at radius 2 is 0.933 bits per heavy atom. The molecule has 4 heterocycles. The van der Waals surface area contributed by atoms with Crippen molar-refractivity contribution in [2.45, 2.75) is 102 Å². The molecule has 4 aromatic heterocycles. The number of halogens is 4. The van der Waals surface area contributed by atoms with Crippen LogP contribution >= 0.6 is 23.2 Å². The Balaban J connectivity index is 0.000000154. The van der Waals surface area contributed by atoms with Crippen molar-refractivity contribution < 1.29 is 8.78 Å². The summed E-state index contributed by atoms with van der Waals surface area (Å²) in [4.78, 5) is 25.6. The standard InChI is InChI=1S/2C25H25ClFN3/c2*1-2-19(25-29-23-9-7-17(26)13-24(23)30-25)15-3-5-16(6-4-15)20-11-12-28-22-10-8-18(27)14-21(20)22/h2*7-16,19H,2-6H2,1H3,(H,29,30). The van der Waals surface area contributed by atoms with Gasteiger partial charge in [0, 0.05) is 45.0 Å². The molecule has 60 heavy (non-hydrogen) atoms. The van der Waals surface area contributed by atoms with E-state index in [2.05, 4.69) is 45.9 Å². The van der Waals surface area contributed by atoms with Crippen LogP contribution in [0.2, 0.25) is 10.0 Å². The van der Waals surface area contributed by atoms with Crippen molar-refractivity contribution in [2.24, 2.45) is 11.8 Å². The maximum atomic E-state index is 13.9. The van der Waals surface area contributed by atoms with E-state index in [0.717, 1.165) is 130 Å². The summed E-state index contributed by atoms with van der Waals surface area (Å²) in [5, 5.41) is 3.38. The van der Waals surface area contributed by atoms with Crippen LogP contribution in [0.4, 0.5) is 8.78 Å². The van der Waals surface area contributed by atoms with Crippen LogP contribution in [-0.2, 0) is 0 Å². The van der Waals surface area contributed by atoms with Crippen LogP contribution in [0.5, 0.6) is 0 Å². The van der Waals surface area contributed by atoms with Gasteiger partial charge in [0.1, 0.15) is 23.3 Å². The summed E-state index contributed by atoms with van der Waals surface area (Å²) in [6, 6.07) is 25.6. The lowest BCUT2D eigenvalue weighted by Crippen LogP contribution is -2.20. The number of hydrogen-bond acceptors (Lipinski definition) is 4. The molecule has 0 aliphatic heterocycles. The highest BCUT2D eigenvalue weighted by Crippen LogP contribution is 2.46. The quantitative estimate of drug-likeness (QED) is 0.160. The van der Waals surface area contributed by atoms with Crippen molar-refractivity contribution in [2.75, 3.05) is 0 Å². The number of rotatable bonds is 8. The SMILES string of the molecule is CCC(c1nc2ccc(Cl)cc2[nH]1)C1CCC(c2ccnc3ccc(F)cc23)CC1.CCC(c1nc2ccc(Cl)cc2[nH]1)C1CCC(c2ccnc3ccc(F)cc23)CC1. The topological polar surface area (TPSA) is 83.1 Å². The van der Waals surface area contributed by atoms with Gasteiger partial charge in [-0.15, -0.1) is 0 Å². The molecule has 2 atom stereocenters. The van der Waals surface area contributed by atoms with E-state index >= 15 is 0 Å². The predicted octanol–water partition coefficient (Wildman–Crippen LogP) is 14.7. The van der Waals surface area contributed by atoms with Crippen molar-refractivity contribution >= 4 is 67.1 Å². The average Bonchev–Trinajstić information content (AvgIpc) is 3.88. The summed E-state index contributed by atoms with van der Waals surface area (Å²) >= 11 is 12.3. The van der Waals surface area contributed by atoms with Gasteiger partial charge in [-0.3, -0.25) is 9.97 Å². The molecule has 0 radical (unpaired) electrons. The number of hydrogen-bond donors (Lipinski definition) is 2. The summed E-state index contributed by atoms with van der Waals surface area (Å²) in [7, 11) is 0. The highest BCUT2D eigenvalue weighted by atomic mass is 35.5. The maximum absolute atomic E-state index is 13.9. The lowest BCUT2D eigenvalue weighted by atomic mass is 9.72. The number of pyridine rings is 2. The van der Waals surface area contributed by atoms with Gasteiger partial charge >= 0.3 is 0 Å². The largest absolute Gasteiger partial charge is 0.342 e. The fourth-order valence-corrected chi connectivity index (χ4v) is 10.9. The Labute approximate surface area is 359 Å². The van der Waals surface area contributed by atoms with Crippen LogP contribution in [0.1, 0.15) is 125 Å². The number of aromatic amines is 2. The molecule has 4 aromatic carbocycles.